The van der Waals surface area contributed by atoms with Gasteiger partial charge in [0, 0.05) is 29.5 Å². The van der Waals surface area contributed by atoms with E-state index in [4.69, 9.17) is 4.74 Å². The van der Waals surface area contributed by atoms with E-state index in [1.54, 1.807) is 18.2 Å². The van der Waals surface area contributed by atoms with Crippen molar-refractivity contribution in [3.8, 4) is 5.75 Å². The Balaban J connectivity index is 1.71. The molecule has 0 fully saturated rings. The van der Waals surface area contributed by atoms with Crippen LogP contribution in [-0.2, 0) is 4.79 Å². The Kier molecular flexibility index (Phi) is 5.11. The summed E-state index contributed by atoms with van der Waals surface area (Å²) in [4.78, 5) is 26.1. The predicted octanol–water partition coefficient (Wildman–Crippen LogP) is 3.50. The normalized spacial score (nSPS) is 12.8. The third-order valence-corrected chi connectivity index (χ3v) is 4.30. The molecule has 0 aliphatic carbocycles. The van der Waals surface area contributed by atoms with Crippen molar-refractivity contribution < 1.29 is 14.3 Å². The second-order valence-corrected chi connectivity index (χ2v) is 6.43. The molecule has 2 N–H and O–H groups in total. The number of nitrogens with one attached hydrogen (secondary N) is 2. The molecule has 2 amide bonds. The Labute approximate surface area is 153 Å². The van der Waals surface area contributed by atoms with Gasteiger partial charge in [0.15, 0.2) is 6.61 Å². The van der Waals surface area contributed by atoms with Gasteiger partial charge < -0.3 is 20.3 Å². The number of fused-ring (bicyclic) bond motifs is 1. The third-order valence-electron chi connectivity index (χ3n) is 4.30. The Morgan fingerprint density at radius 2 is 1.96 bits per heavy atom. The second-order valence-electron chi connectivity index (χ2n) is 6.43. The zero-order valence-corrected chi connectivity index (χ0v) is 15.2. The van der Waals surface area contributed by atoms with E-state index in [0.29, 0.717) is 23.0 Å². The first kappa shape index (κ1) is 17.8. The van der Waals surface area contributed by atoms with Crippen molar-refractivity contribution in [1.82, 2.24) is 0 Å². The van der Waals surface area contributed by atoms with Crippen LogP contribution in [0.15, 0.2) is 42.5 Å². The quantitative estimate of drug-likeness (QED) is 0.863. The minimum Gasteiger partial charge on any atom is -0.482 e. The number of hydrogen-bond acceptors (Lipinski definition) is 4. The SMILES string of the molecule is CCN(c1ccc(NC(=O)c2ccc3c(c2)OCC(=O)N3)cc1)C(C)C. The van der Waals surface area contributed by atoms with Gasteiger partial charge in [-0.3, -0.25) is 9.59 Å². The van der Waals surface area contributed by atoms with Gasteiger partial charge in [-0.25, -0.2) is 0 Å². The van der Waals surface area contributed by atoms with Crippen LogP contribution in [0.25, 0.3) is 0 Å². The first-order valence-corrected chi connectivity index (χ1v) is 8.72. The van der Waals surface area contributed by atoms with Crippen LogP contribution in [0.4, 0.5) is 17.1 Å². The van der Waals surface area contributed by atoms with Crippen molar-refractivity contribution in [1.29, 1.82) is 0 Å². The summed E-state index contributed by atoms with van der Waals surface area (Å²) in [5.74, 6) is 0.0812. The number of ether oxygens (including phenoxy) is 1. The smallest absolute Gasteiger partial charge is 0.262 e. The van der Waals surface area contributed by atoms with Gasteiger partial charge in [0.25, 0.3) is 11.8 Å². The van der Waals surface area contributed by atoms with Gasteiger partial charge in [0.05, 0.1) is 5.69 Å². The number of rotatable bonds is 5. The molecule has 0 radical (unpaired) electrons. The zero-order valence-electron chi connectivity index (χ0n) is 15.2. The van der Waals surface area contributed by atoms with Gasteiger partial charge in [0.1, 0.15) is 5.75 Å². The molecule has 0 atom stereocenters. The summed E-state index contributed by atoms with van der Waals surface area (Å²) >= 11 is 0. The highest BCUT2D eigenvalue weighted by Crippen LogP contribution is 2.29. The molecule has 26 heavy (non-hydrogen) atoms. The van der Waals surface area contributed by atoms with Crippen molar-refractivity contribution >= 4 is 28.9 Å². The topological polar surface area (TPSA) is 70.7 Å². The molecule has 1 aliphatic rings. The van der Waals surface area contributed by atoms with Crippen LogP contribution in [0.3, 0.4) is 0 Å². The van der Waals surface area contributed by atoms with E-state index in [2.05, 4.69) is 36.3 Å². The van der Waals surface area contributed by atoms with Crippen molar-refractivity contribution in [3.63, 3.8) is 0 Å². The van der Waals surface area contributed by atoms with Gasteiger partial charge in [-0.05, 0) is 63.2 Å². The molecule has 136 valence electrons. The summed E-state index contributed by atoms with van der Waals surface area (Å²) in [6.07, 6.45) is 0. The van der Waals surface area contributed by atoms with Crippen molar-refractivity contribution in [2.45, 2.75) is 26.8 Å². The Bertz CT molecular complexity index is 816. The summed E-state index contributed by atoms with van der Waals surface area (Å²) in [6, 6.07) is 13.2. The first-order chi connectivity index (χ1) is 12.5. The number of carbonyl (C=O) groups excluding carboxylic acids is 2. The molecule has 0 unspecified atom stereocenters. The maximum atomic E-state index is 12.5. The summed E-state index contributed by atoms with van der Waals surface area (Å²) in [5, 5.41) is 5.59. The fourth-order valence-corrected chi connectivity index (χ4v) is 3.00. The molecular formula is C20H23N3O3. The Morgan fingerprint density at radius 1 is 1.23 bits per heavy atom. The van der Waals surface area contributed by atoms with Gasteiger partial charge >= 0.3 is 0 Å². The van der Waals surface area contributed by atoms with Crippen molar-refractivity contribution in [3.05, 3.63) is 48.0 Å². The highest BCUT2D eigenvalue weighted by atomic mass is 16.5. The number of hydrogen-bond donors (Lipinski definition) is 2. The van der Waals surface area contributed by atoms with E-state index < -0.39 is 0 Å². The van der Waals surface area contributed by atoms with E-state index in [0.717, 1.165) is 17.9 Å². The van der Waals surface area contributed by atoms with Gasteiger partial charge in [-0.1, -0.05) is 0 Å². The van der Waals surface area contributed by atoms with Crippen LogP contribution >= 0.6 is 0 Å². The molecule has 0 saturated carbocycles. The maximum absolute atomic E-state index is 12.5. The minimum absolute atomic E-state index is 0.0384. The average Bonchev–Trinajstić information content (AvgIpc) is 2.63. The molecule has 3 rings (SSSR count). The fraction of sp³-hybridized carbons (Fsp3) is 0.300. The molecule has 0 aromatic heterocycles. The summed E-state index contributed by atoms with van der Waals surface area (Å²) in [5.41, 5.74) is 2.90. The van der Waals surface area contributed by atoms with Crippen molar-refractivity contribution in [2.24, 2.45) is 0 Å². The van der Waals surface area contributed by atoms with E-state index in [1.807, 2.05) is 24.3 Å². The standard InChI is InChI=1S/C20H23N3O3/c1-4-23(13(2)3)16-8-6-15(7-9-16)21-20(25)14-5-10-17-18(11-14)26-12-19(24)22-17/h5-11,13H,4,12H2,1-3H3,(H,21,25)(H,22,24). The molecule has 6 nitrogen and oxygen atoms in total. The highest BCUT2D eigenvalue weighted by Gasteiger charge is 2.18. The fourth-order valence-electron chi connectivity index (χ4n) is 3.00. The third kappa shape index (κ3) is 3.79. The summed E-state index contributed by atoms with van der Waals surface area (Å²) < 4.78 is 5.36. The minimum atomic E-state index is -0.225. The Morgan fingerprint density at radius 3 is 2.62 bits per heavy atom. The van der Waals surface area contributed by atoms with Crippen LogP contribution in [-0.4, -0.2) is 31.0 Å². The number of nitrogens with zero attached hydrogens (tertiary/aromatic N) is 1. The zero-order chi connectivity index (χ0) is 18.7. The second kappa shape index (κ2) is 7.47. The average molecular weight is 353 g/mol. The molecule has 6 heteroatoms. The number of benzene rings is 2. The van der Waals surface area contributed by atoms with E-state index >= 15 is 0 Å². The van der Waals surface area contributed by atoms with Gasteiger partial charge in [0.2, 0.25) is 0 Å². The lowest BCUT2D eigenvalue weighted by Gasteiger charge is -2.27. The molecule has 1 heterocycles. The number of amides is 2. The molecule has 0 bridgehead atoms. The van der Waals surface area contributed by atoms with Crippen LogP contribution < -0.4 is 20.3 Å². The van der Waals surface area contributed by atoms with Crippen molar-refractivity contribution in [2.75, 3.05) is 28.7 Å². The van der Waals surface area contributed by atoms with Crippen LogP contribution in [0, 0.1) is 0 Å². The van der Waals surface area contributed by atoms with Gasteiger partial charge in [-0.2, -0.15) is 0 Å². The van der Waals surface area contributed by atoms with Crippen LogP contribution in [0.2, 0.25) is 0 Å². The van der Waals surface area contributed by atoms with Gasteiger partial charge in [-0.15, -0.1) is 0 Å². The molecule has 0 spiro atoms. The van der Waals surface area contributed by atoms with E-state index in [9.17, 15) is 9.59 Å². The monoisotopic (exact) mass is 353 g/mol. The number of anilines is 3. The Hall–Kier alpha value is -3.02. The molecule has 2 aromatic carbocycles. The van der Waals surface area contributed by atoms with Crippen LogP contribution in [0.1, 0.15) is 31.1 Å². The molecule has 1 aliphatic heterocycles. The lowest BCUT2D eigenvalue weighted by Crippen LogP contribution is -2.30. The molecule has 0 saturated heterocycles. The first-order valence-electron chi connectivity index (χ1n) is 8.72. The molecule has 2 aromatic rings. The summed E-state index contributed by atoms with van der Waals surface area (Å²) in [7, 11) is 0. The lowest BCUT2D eigenvalue weighted by atomic mass is 10.1. The summed E-state index contributed by atoms with van der Waals surface area (Å²) in [6.45, 7) is 7.31. The van der Waals surface area contributed by atoms with E-state index in [-0.39, 0.29) is 18.4 Å². The highest BCUT2D eigenvalue weighted by molar-refractivity contribution is 6.05. The predicted molar refractivity (Wildman–Crippen MR) is 103 cm³/mol. The maximum Gasteiger partial charge on any atom is 0.262 e. The van der Waals surface area contributed by atoms with Crippen LogP contribution in [0.5, 0.6) is 5.75 Å². The lowest BCUT2D eigenvalue weighted by molar-refractivity contribution is -0.118. The molecular weight excluding hydrogens is 330 g/mol. The largest absolute Gasteiger partial charge is 0.482 e. The van der Waals surface area contributed by atoms with E-state index in [1.165, 1.54) is 0 Å². The number of carbonyl (C=O) groups is 2.